The van der Waals surface area contributed by atoms with Crippen LogP contribution in [0.25, 0.3) is 0 Å². The van der Waals surface area contributed by atoms with Gasteiger partial charge in [0.15, 0.2) is 0 Å². The molecule has 1 atom stereocenters. The molecule has 3 N–H and O–H groups in total. The van der Waals surface area contributed by atoms with Crippen molar-refractivity contribution in [3.63, 3.8) is 0 Å². The zero-order chi connectivity index (χ0) is 12.0. The topological polar surface area (TPSA) is 58.4 Å². The molecular formula is C12H25N3O. The summed E-state index contributed by atoms with van der Waals surface area (Å²) >= 11 is 0. The summed E-state index contributed by atoms with van der Waals surface area (Å²) < 4.78 is 0. The second-order valence-corrected chi connectivity index (χ2v) is 4.90. The van der Waals surface area contributed by atoms with E-state index in [9.17, 15) is 4.79 Å². The maximum Gasteiger partial charge on any atom is 0.317 e. The van der Waals surface area contributed by atoms with Crippen LogP contribution in [0.15, 0.2) is 0 Å². The third-order valence-corrected chi connectivity index (χ3v) is 3.25. The summed E-state index contributed by atoms with van der Waals surface area (Å²) in [6.07, 6.45) is 4.28. The third-order valence-electron chi connectivity index (χ3n) is 3.25. The van der Waals surface area contributed by atoms with Gasteiger partial charge in [-0.1, -0.05) is 20.3 Å². The van der Waals surface area contributed by atoms with Gasteiger partial charge in [0.25, 0.3) is 0 Å². The van der Waals surface area contributed by atoms with Crippen molar-refractivity contribution >= 4 is 6.03 Å². The maximum absolute atomic E-state index is 11.8. The molecule has 0 saturated carbocycles. The molecule has 1 aliphatic rings. The van der Waals surface area contributed by atoms with E-state index in [2.05, 4.69) is 19.2 Å². The Balaban J connectivity index is 2.19. The van der Waals surface area contributed by atoms with E-state index in [4.69, 9.17) is 5.73 Å². The summed E-state index contributed by atoms with van der Waals surface area (Å²) in [6, 6.07) is 0.149. The number of urea groups is 1. The van der Waals surface area contributed by atoms with Gasteiger partial charge in [-0.2, -0.15) is 0 Å². The van der Waals surface area contributed by atoms with Gasteiger partial charge in [-0.25, -0.2) is 4.79 Å². The molecule has 1 unspecified atom stereocenters. The van der Waals surface area contributed by atoms with E-state index in [0.717, 1.165) is 44.7 Å². The van der Waals surface area contributed by atoms with E-state index < -0.39 is 0 Å². The Morgan fingerprint density at radius 1 is 1.50 bits per heavy atom. The number of rotatable bonds is 4. The van der Waals surface area contributed by atoms with Gasteiger partial charge in [0.1, 0.15) is 0 Å². The quantitative estimate of drug-likeness (QED) is 0.765. The number of nitrogens with one attached hydrogen (secondary N) is 1. The highest BCUT2D eigenvalue weighted by Gasteiger charge is 2.20. The fourth-order valence-electron chi connectivity index (χ4n) is 2.01. The standard InChI is InChI=1S/C12H25N3O/c1-3-4-11(13)9-14-12(16)15-7-5-10(2)6-8-15/h10-11H,3-9,13H2,1-2H3,(H,14,16). The lowest BCUT2D eigenvalue weighted by molar-refractivity contribution is 0.173. The van der Waals surface area contributed by atoms with Gasteiger partial charge in [0, 0.05) is 25.7 Å². The highest BCUT2D eigenvalue weighted by Crippen LogP contribution is 2.15. The van der Waals surface area contributed by atoms with Gasteiger partial charge >= 0.3 is 6.03 Å². The number of hydrogen-bond acceptors (Lipinski definition) is 2. The molecule has 4 heteroatoms. The highest BCUT2D eigenvalue weighted by atomic mass is 16.2. The maximum atomic E-state index is 11.8. The van der Waals surface area contributed by atoms with E-state index in [1.165, 1.54) is 0 Å². The van der Waals surface area contributed by atoms with Crippen molar-refractivity contribution in [2.24, 2.45) is 11.7 Å². The van der Waals surface area contributed by atoms with Crippen LogP contribution in [-0.2, 0) is 0 Å². The lowest BCUT2D eigenvalue weighted by Crippen LogP contribution is -2.47. The SMILES string of the molecule is CCCC(N)CNC(=O)N1CCC(C)CC1. The molecule has 4 nitrogen and oxygen atoms in total. The number of likely N-dealkylation sites (tertiary alicyclic amines) is 1. The van der Waals surface area contributed by atoms with Crippen LogP contribution in [0.2, 0.25) is 0 Å². The van der Waals surface area contributed by atoms with Crippen molar-refractivity contribution in [3.8, 4) is 0 Å². The minimum absolute atomic E-state index is 0.0541. The number of amides is 2. The van der Waals surface area contributed by atoms with Crippen molar-refractivity contribution in [1.29, 1.82) is 0 Å². The summed E-state index contributed by atoms with van der Waals surface area (Å²) in [7, 11) is 0. The first-order chi connectivity index (χ1) is 7.63. The Labute approximate surface area is 98.6 Å². The van der Waals surface area contributed by atoms with Crippen LogP contribution >= 0.6 is 0 Å². The Kier molecular flexibility index (Phi) is 5.60. The summed E-state index contributed by atoms with van der Waals surface area (Å²) in [4.78, 5) is 13.7. The van der Waals surface area contributed by atoms with Gasteiger partial charge in [0.05, 0.1) is 0 Å². The fourth-order valence-corrected chi connectivity index (χ4v) is 2.01. The number of hydrogen-bond donors (Lipinski definition) is 2. The Morgan fingerprint density at radius 2 is 2.12 bits per heavy atom. The molecule has 1 saturated heterocycles. The average Bonchev–Trinajstić information content (AvgIpc) is 2.27. The van der Waals surface area contributed by atoms with E-state index >= 15 is 0 Å². The molecule has 0 radical (unpaired) electrons. The number of carbonyl (C=O) groups excluding carboxylic acids is 1. The lowest BCUT2D eigenvalue weighted by atomic mass is 10.00. The fraction of sp³-hybridized carbons (Fsp3) is 0.917. The van der Waals surface area contributed by atoms with Gasteiger partial charge in [-0.3, -0.25) is 0 Å². The van der Waals surface area contributed by atoms with Crippen LogP contribution in [0.1, 0.15) is 39.5 Å². The monoisotopic (exact) mass is 227 g/mol. The van der Waals surface area contributed by atoms with E-state index in [1.807, 2.05) is 4.90 Å². The van der Waals surface area contributed by atoms with Gasteiger partial charge in [-0.05, 0) is 25.2 Å². The minimum atomic E-state index is 0.0541. The molecule has 1 fully saturated rings. The smallest absolute Gasteiger partial charge is 0.317 e. The molecule has 1 heterocycles. The minimum Gasteiger partial charge on any atom is -0.336 e. The van der Waals surface area contributed by atoms with Gasteiger partial charge < -0.3 is 16.0 Å². The van der Waals surface area contributed by atoms with Crippen molar-refractivity contribution in [2.45, 2.75) is 45.6 Å². The van der Waals surface area contributed by atoms with Crippen molar-refractivity contribution < 1.29 is 4.79 Å². The second-order valence-electron chi connectivity index (χ2n) is 4.90. The molecule has 0 aliphatic carbocycles. The van der Waals surface area contributed by atoms with E-state index in [1.54, 1.807) is 0 Å². The van der Waals surface area contributed by atoms with Crippen LogP contribution in [0.3, 0.4) is 0 Å². The summed E-state index contributed by atoms with van der Waals surface area (Å²) in [5.74, 6) is 0.756. The van der Waals surface area contributed by atoms with Crippen molar-refractivity contribution in [3.05, 3.63) is 0 Å². The highest BCUT2D eigenvalue weighted by molar-refractivity contribution is 5.74. The van der Waals surface area contributed by atoms with Crippen LogP contribution < -0.4 is 11.1 Å². The molecule has 0 spiro atoms. The van der Waals surface area contributed by atoms with E-state index in [-0.39, 0.29) is 12.1 Å². The number of nitrogens with two attached hydrogens (primary N) is 1. The Morgan fingerprint density at radius 3 is 2.69 bits per heavy atom. The molecule has 94 valence electrons. The second kappa shape index (κ2) is 6.74. The van der Waals surface area contributed by atoms with Crippen molar-refractivity contribution in [1.82, 2.24) is 10.2 Å². The number of piperidine rings is 1. The first-order valence-electron chi connectivity index (χ1n) is 6.41. The van der Waals surface area contributed by atoms with Crippen LogP contribution in [-0.4, -0.2) is 36.6 Å². The summed E-state index contributed by atoms with van der Waals surface area (Å²) in [5.41, 5.74) is 5.85. The average molecular weight is 227 g/mol. The lowest BCUT2D eigenvalue weighted by Gasteiger charge is -2.30. The molecule has 1 rings (SSSR count). The van der Waals surface area contributed by atoms with E-state index in [0.29, 0.717) is 6.54 Å². The zero-order valence-electron chi connectivity index (χ0n) is 10.5. The molecule has 0 aromatic heterocycles. The third kappa shape index (κ3) is 4.39. The molecule has 2 amide bonds. The predicted octanol–water partition coefficient (Wildman–Crippen LogP) is 1.56. The predicted molar refractivity (Wildman–Crippen MR) is 66.3 cm³/mol. The molecule has 0 bridgehead atoms. The van der Waals surface area contributed by atoms with Gasteiger partial charge in [0.2, 0.25) is 0 Å². The van der Waals surface area contributed by atoms with Crippen LogP contribution in [0.5, 0.6) is 0 Å². The molecule has 0 aromatic carbocycles. The molecular weight excluding hydrogens is 202 g/mol. The summed E-state index contributed by atoms with van der Waals surface area (Å²) in [6.45, 7) is 6.71. The Hall–Kier alpha value is -0.770. The number of carbonyl (C=O) groups is 1. The summed E-state index contributed by atoms with van der Waals surface area (Å²) in [5, 5.41) is 2.91. The van der Waals surface area contributed by atoms with Gasteiger partial charge in [-0.15, -0.1) is 0 Å². The van der Waals surface area contributed by atoms with Crippen molar-refractivity contribution in [2.75, 3.05) is 19.6 Å². The zero-order valence-corrected chi connectivity index (χ0v) is 10.5. The molecule has 16 heavy (non-hydrogen) atoms. The molecule has 0 aromatic rings. The Bertz CT molecular complexity index is 212. The first-order valence-corrected chi connectivity index (χ1v) is 6.41. The first kappa shape index (κ1) is 13.3. The molecule has 1 aliphatic heterocycles. The normalized spacial score (nSPS) is 19.6. The van der Waals surface area contributed by atoms with Crippen LogP contribution in [0, 0.1) is 5.92 Å². The van der Waals surface area contributed by atoms with Crippen LogP contribution in [0.4, 0.5) is 4.79 Å². The number of nitrogens with zero attached hydrogens (tertiary/aromatic N) is 1. The largest absolute Gasteiger partial charge is 0.336 e.